The molecule has 2 heterocycles. The van der Waals surface area contributed by atoms with Crippen LogP contribution in [0.3, 0.4) is 0 Å². The van der Waals surface area contributed by atoms with Crippen LogP contribution in [-0.4, -0.2) is 50.9 Å². The van der Waals surface area contributed by atoms with Gasteiger partial charge in [0.25, 0.3) is 0 Å². The Balaban J connectivity index is 1.59. The molecule has 2 aromatic rings. The highest BCUT2D eigenvalue weighted by atomic mass is 19.1. The average Bonchev–Trinajstić information content (AvgIpc) is 3.14. The first-order chi connectivity index (χ1) is 14.2. The van der Waals surface area contributed by atoms with Crippen LogP contribution in [-0.2, 0) is 12.0 Å². The topological polar surface area (TPSA) is 65.9 Å². The predicted molar refractivity (Wildman–Crippen MR) is 114 cm³/mol. The smallest absolute Gasteiger partial charge is 0.197 e. The zero-order chi connectivity index (χ0) is 21.8. The van der Waals surface area contributed by atoms with Crippen LogP contribution in [0.25, 0.3) is 0 Å². The van der Waals surface area contributed by atoms with E-state index in [1.54, 1.807) is 11.0 Å². The van der Waals surface area contributed by atoms with Crippen molar-refractivity contribution in [2.75, 3.05) is 39.3 Å². The van der Waals surface area contributed by atoms with E-state index in [0.29, 0.717) is 11.1 Å². The van der Waals surface area contributed by atoms with Gasteiger partial charge in [0.15, 0.2) is 23.1 Å². The monoisotopic (exact) mass is 411 g/mol. The SMILES string of the molecule is COc1cc2c(c(F)c1OC)C(=N)N(CC(=O)c1ccc3c(c1)C(C)(C)CN3C)C2. The third-order valence-corrected chi connectivity index (χ3v) is 6.03. The van der Waals surface area contributed by atoms with Gasteiger partial charge < -0.3 is 19.3 Å². The van der Waals surface area contributed by atoms with E-state index in [1.165, 1.54) is 14.2 Å². The number of likely N-dealkylation sites (N-methyl/N-ethyl adjacent to an activating group) is 1. The summed E-state index contributed by atoms with van der Waals surface area (Å²) in [6.07, 6.45) is 0. The minimum Gasteiger partial charge on any atom is -0.493 e. The van der Waals surface area contributed by atoms with Crippen LogP contribution >= 0.6 is 0 Å². The Morgan fingerprint density at radius 1 is 1.23 bits per heavy atom. The number of halogens is 1. The van der Waals surface area contributed by atoms with Crippen LogP contribution in [0.2, 0.25) is 0 Å². The van der Waals surface area contributed by atoms with E-state index in [2.05, 4.69) is 25.8 Å². The lowest BCUT2D eigenvalue weighted by molar-refractivity contribution is 0.0962. The van der Waals surface area contributed by atoms with Crippen molar-refractivity contribution in [1.82, 2.24) is 4.90 Å². The van der Waals surface area contributed by atoms with Crippen molar-refractivity contribution in [2.24, 2.45) is 0 Å². The van der Waals surface area contributed by atoms with Crippen LogP contribution in [0, 0.1) is 11.2 Å². The van der Waals surface area contributed by atoms with Crippen molar-refractivity contribution >= 4 is 17.3 Å². The lowest BCUT2D eigenvalue weighted by atomic mass is 9.86. The van der Waals surface area contributed by atoms with Crippen LogP contribution < -0.4 is 14.4 Å². The molecule has 0 radical (unpaired) electrons. The normalized spacial score (nSPS) is 16.5. The first-order valence-corrected chi connectivity index (χ1v) is 9.84. The predicted octanol–water partition coefficient (Wildman–Crippen LogP) is 3.59. The highest BCUT2D eigenvalue weighted by Gasteiger charge is 2.35. The number of benzene rings is 2. The Morgan fingerprint density at radius 2 is 1.97 bits per heavy atom. The molecule has 4 rings (SSSR count). The van der Waals surface area contributed by atoms with E-state index in [1.807, 2.05) is 18.2 Å². The fourth-order valence-corrected chi connectivity index (χ4v) is 4.57. The van der Waals surface area contributed by atoms with E-state index >= 15 is 0 Å². The molecule has 0 bridgehead atoms. The molecule has 0 unspecified atom stereocenters. The van der Waals surface area contributed by atoms with Crippen molar-refractivity contribution < 1.29 is 18.7 Å². The zero-order valence-electron chi connectivity index (χ0n) is 17.9. The van der Waals surface area contributed by atoms with E-state index in [4.69, 9.17) is 14.9 Å². The summed E-state index contributed by atoms with van der Waals surface area (Å²) in [6.45, 7) is 5.51. The molecule has 2 aliphatic rings. The second kappa shape index (κ2) is 7.00. The highest BCUT2D eigenvalue weighted by Crippen LogP contribution is 2.41. The lowest BCUT2D eigenvalue weighted by Gasteiger charge is -2.19. The summed E-state index contributed by atoms with van der Waals surface area (Å²) >= 11 is 0. The third kappa shape index (κ3) is 3.00. The fourth-order valence-electron chi connectivity index (χ4n) is 4.57. The summed E-state index contributed by atoms with van der Waals surface area (Å²) in [5, 5.41) is 8.43. The number of amidine groups is 1. The van der Waals surface area contributed by atoms with E-state index < -0.39 is 5.82 Å². The van der Waals surface area contributed by atoms with Crippen molar-refractivity contribution in [3.05, 3.63) is 52.3 Å². The maximum absolute atomic E-state index is 14.9. The molecule has 1 N–H and O–H groups in total. The molecule has 0 saturated carbocycles. The Hall–Kier alpha value is -3.09. The number of methoxy groups -OCH3 is 2. The van der Waals surface area contributed by atoms with Crippen LogP contribution in [0.1, 0.15) is 40.9 Å². The van der Waals surface area contributed by atoms with Gasteiger partial charge in [0, 0.05) is 36.8 Å². The molecule has 0 saturated heterocycles. The summed E-state index contributed by atoms with van der Waals surface area (Å²) in [7, 11) is 4.85. The molecular formula is C23H26FN3O3. The standard InChI is InChI=1S/C23H26FN3O3/c1-23(2)12-26(3)16-7-6-13(8-15(16)23)17(28)11-27-10-14-9-18(29-4)21(30-5)20(24)19(14)22(27)25/h6-9,25H,10-12H2,1-5H3. The van der Waals surface area contributed by atoms with E-state index in [0.717, 1.165) is 17.8 Å². The molecule has 6 nitrogen and oxygen atoms in total. The molecule has 0 aliphatic carbocycles. The van der Waals surface area contributed by atoms with Crippen LogP contribution in [0.5, 0.6) is 11.5 Å². The number of ketones is 1. The fraction of sp³-hybridized carbons (Fsp3) is 0.391. The quantitative estimate of drug-likeness (QED) is 0.762. The largest absolute Gasteiger partial charge is 0.493 e. The molecular weight excluding hydrogens is 385 g/mol. The maximum Gasteiger partial charge on any atom is 0.197 e. The summed E-state index contributed by atoms with van der Waals surface area (Å²) in [6, 6.07) is 7.44. The number of ether oxygens (including phenoxy) is 2. The van der Waals surface area contributed by atoms with Gasteiger partial charge in [0.05, 0.1) is 26.3 Å². The molecule has 0 amide bonds. The minimum atomic E-state index is -0.630. The molecule has 158 valence electrons. The van der Waals surface area contributed by atoms with Gasteiger partial charge in [-0.15, -0.1) is 0 Å². The molecule has 30 heavy (non-hydrogen) atoms. The average molecular weight is 411 g/mol. The second-order valence-corrected chi connectivity index (χ2v) is 8.56. The summed E-state index contributed by atoms with van der Waals surface area (Å²) < 4.78 is 25.2. The zero-order valence-corrected chi connectivity index (χ0v) is 17.9. The number of Topliss-reactive ketones (excluding diaryl/α,β-unsaturated/α-hetero) is 1. The molecule has 2 aromatic carbocycles. The number of fused-ring (bicyclic) bond motifs is 2. The first-order valence-electron chi connectivity index (χ1n) is 9.84. The van der Waals surface area contributed by atoms with Crippen LogP contribution in [0.4, 0.5) is 10.1 Å². The maximum atomic E-state index is 14.9. The molecule has 0 aromatic heterocycles. The van der Waals surface area contributed by atoms with Gasteiger partial charge >= 0.3 is 0 Å². The first kappa shape index (κ1) is 20.2. The van der Waals surface area contributed by atoms with Crippen molar-refractivity contribution in [3.63, 3.8) is 0 Å². The summed E-state index contributed by atoms with van der Waals surface area (Å²) in [4.78, 5) is 16.8. The van der Waals surface area contributed by atoms with Gasteiger partial charge in [0.1, 0.15) is 5.84 Å². The molecule has 2 aliphatic heterocycles. The number of nitrogens with one attached hydrogen (secondary N) is 1. The van der Waals surface area contributed by atoms with Gasteiger partial charge in [-0.3, -0.25) is 10.2 Å². The lowest BCUT2D eigenvalue weighted by Crippen LogP contribution is -2.30. The molecule has 0 atom stereocenters. The highest BCUT2D eigenvalue weighted by molar-refractivity contribution is 6.06. The van der Waals surface area contributed by atoms with E-state index in [9.17, 15) is 9.18 Å². The third-order valence-electron chi connectivity index (χ3n) is 6.03. The minimum absolute atomic E-state index is 0.00659. The van der Waals surface area contributed by atoms with Crippen molar-refractivity contribution in [3.8, 4) is 11.5 Å². The number of hydrogen-bond acceptors (Lipinski definition) is 5. The van der Waals surface area contributed by atoms with Gasteiger partial charge in [-0.25, -0.2) is 4.39 Å². The molecule has 0 spiro atoms. The summed E-state index contributed by atoms with van der Waals surface area (Å²) in [5.41, 5.74) is 3.64. The number of rotatable bonds is 5. The summed E-state index contributed by atoms with van der Waals surface area (Å²) in [5.74, 6) is -0.494. The Labute approximate surface area is 175 Å². The van der Waals surface area contributed by atoms with Crippen molar-refractivity contribution in [1.29, 1.82) is 5.41 Å². The van der Waals surface area contributed by atoms with Gasteiger partial charge in [0.2, 0.25) is 0 Å². The van der Waals surface area contributed by atoms with Crippen LogP contribution in [0.15, 0.2) is 24.3 Å². The number of nitrogens with zero attached hydrogens (tertiary/aromatic N) is 2. The van der Waals surface area contributed by atoms with Gasteiger partial charge in [-0.05, 0) is 35.4 Å². The Morgan fingerprint density at radius 3 is 2.63 bits per heavy atom. The van der Waals surface area contributed by atoms with Gasteiger partial charge in [-0.2, -0.15) is 0 Å². The molecule has 0 fully saturated rings. The van der Waals surface area contributed by atoms with Crippen molar-refractivity contribution in [2.45, 2.75) is 25.8 Å². The second-order valence-electron chi connectivity index (χ2n) is 8.56. The Kier molecular flexibility index (Phi) is 4.71. The number of anilines is 1. The van der Waals surface area contributed by atoms with E-state index in [-0.39, 0.29) is 47.2 Å². The number of hydrogen-bond donors (Lipinski definition) is 1. The Bertz CT molecular complexity index is 1060. The molecule has 7 heteroatoms. The number of carbonyl (C=O) groups is 1. The van der Waals surface area contributed by atoms with Gasteiger partial charge in [-0.1, -0.05) is 13.8 Å². The number of carbonyl (C=O) groups excluding carboxylic acids is 1.